The first-order valence-corrected chi connectivity index (χ1v) is 8.08. The lowest BCUT2D eigenvalue weighted by Crippen LogP contribution is -2.00. The number of hydrogen-bond acceptors (Lipinski definition) is 3. The van der Waals surface area contributed by atoms with Crippen molar-refractivity contribution in [3.8, 4) is 5.75 Å². The Bertz CT molecular complexity index is 708. The van der Waals surface area contributed by atoms with Gasteiger partial charge in [-0.15, -0.1) is 11.8 Å². The van der Waals surface area contributed by atoms with E-state index in [1.54, 1.807) is 36.0 Å². The Labute approximate surface area is 138 Å². The van der Waals surface area contributed by atoms with Crippen LogP contribution in [0, 0.1) is 0 Å². The first-order valence-electron chi connectivity index (χ1n) is 6.48. The van der Waals surface area contributed by atoms with Gasteiger partial charge in [0.15, 0.2) is 0 Å². The van der Waals surface area contributed by atoms with Gasteiger partial charge in [-0.2, -0.15) is 0 Å². The second-order valence-electron chi connectivity index (χ2n) is 4.49. The molecule has 0 aromatic heterocycles. The number of carboxylic acids is 1. The molecule has 2 aromatic carbocycles. The number of benzene rings is 2. The highest BCUT2D eigenvalue weighted by Gasteiger charge is 2.12. The van der Waals surface area contributed by atoms with E-state index in [2.05, 4.69) is 0 Å². The second kappa shape index (κ2) is 7.38. The van der Waals surface area contributed by atoms with Crippen molar-refractivity contribution in [2.24, 2.45) is 0 Å². The number of ether oxygens (including phenoxy) is 1. The van der Waals surface area contributed by atoms with Crippen LogP contribution in [0.1, 0.15) is 11.1 Å². The van der Waals surface area contributed by atoms with E-state index >= 15 is 0 Å². The standard InChI is InChI=1S/C17H15ClO3S/c1-21-16-8-5-12(10-15(16)18)14(17(19)20)9-11-3-6-13(22-2)7-4-11/h3-10H,1-2H3,(H,19,20). The molecule has 0 bridgehead atoms. The van der Waals surface area contributed by atoms with Crippen molar-refractivity contribution in [2.45, 2.75) is 4.90 Å². The molecule has 0 radical (unpaired) electrons. The molecule has 0 saturated heterocycles. The molecular weight excluding hydrogens is 320 g/mol. The molecule has 2 aromatic rings. The van der Waals surface area contributed by atoms with E-state index in [1.165, 1.54) is 7.11 Å². The Kier molecular flexibility index (Phi) is 5.52. The zero-order chi connectivity index (χ0) is 16.1. The van der Waals surface area contributed by atoms with Crippen LogP contribution in [0.15, 0.2) is 47.4 Å². The van der Waals surface area contributed by atoms with Gasteiger partial charge in [-0.25, -0.2) is 4.79 Å². The molecule has 114 valence electrons. The maximum absolute atomic E-state index is 11.5. The van der Waals surface area contributed by atoms with Gasteiger partial charge >= 0.3 is 5.97 Å². The predicted octanol–water partition coefficient (Wildman–Crippen LogP) is 4.70. The lowest BCUT2D eigenvalue weighted by molar-refractivity contribution is -0.130. The average molecular weight is 335 g/mol. The summed E-state index contributed by atoms with van der Waals surface area (Å²) in [6, 6.07) is 12.6. The van der Waals surface area contributed by atoms with Crippen LogP contribution < -0.4 is 4.74 Å². The topological polar surface area (TPSA) is 46.5 Å². The summed E-state index contributed by atoms with van der Waals surface area (Å²) in [5, 5.41) is 9.84. The van der Waals surface area contributed by atoms with Gasteiger partial charge in [-0.1, -0.05) is 29.8 Å². The van der Waals surface area contributed by atoms with Gasteiger partial charge in [-0.05, 0) is 47.7 Å². The number of aliphatic carboxylic acids is 1. The fourth-order valence-electron chi connectivity index (χ4n) is 1.97. The van der Waals surface area contributed by atoms with E-state index in [-0.39, 0.29) is 5.57 Å². The third kappa shape index (κ3) is 3.84. The molecule has 1 N–H and O–H groups in total. The molecular formula is C17H15ClO3S. The molecule has 0 unspecified atom stereocenters. The molecule has 0 fully saturated rings. The van der Waals surface area contributed by atoms with E-state index in [0.29, 0.717) is 16.3 Å². The summed E-state index contributed by atoms with van der Waals surface area (Å²) < 4.78 is 5.08. The van der Waals surface area contributed by atoms with Crippen LogP contribution in [-0.4, -0.2) is 24.4 Å². The summed E-state index contributed by atoms with van der Waals surface area (Å²) in [5.74, 6) is -0.491. The smallest absolute Gasteiger partial charge is 0.336 e. The molecule has 0 saturated carbocycles. The molecule has 0 amide bonds. The molecule has 2 rings (SSSR count). The van der Waals surface area contributed by atoms with Crippen molar-refractivity contribution in [2.75, 3.05) is 13.4 Å². The highest BCUT2D eigenvalue weighted by Crippen LogP contribution is 2.29. The third-order valence-corrected chi connectivity index (χ3v) is 4.16. The molecule has 0 heterocycles. The van der Waals surface area contributed by atoms with Gasteiger partial charge in [0.1, 0.15) is 5.75 Å². The highest BCUT2D eigenvalue weighted by molar-refractivity contribution is 7.98. The number of thioether (sulfide) groups is 1. The minimum atomic E-state index is -1.00. The average Bonchev–Trinajstić information content (AvgIpc) is 2.52. The van der Waals surface area contributed by atoms with Crippen molar-refractivity contribution in [1.29, 1.82) is 0 Å². The van der Waals surface area contributed by atoms with Crippen LogP contribution in [0.4, 0.5) is 0 Å². The van der Waals surface area contributed by atoms with E-state index in [0.717, 1.165) is 10.5 Å². The molecule has 0 atom stereocenters. The van der Waals surface area contributed by atoms with Crippen molar-refractivity contribution >= 4 is 41.0 Å². The van der Waals surface area contributed by atoms with E-state index in [1.807, 2.05) is 30.5 Å². The SMILES string of the molecule is COc1ccc(C(=Cc2ccc(SC)cc2)C(=O)O)cc1Cl. The molecule has 0 spiro atoms. The van der Waals surface area contributed by atoms with E-state index < -0.39 is 5.97 Å². The monoisotopic (exact) mass is 334 g/mol. The summed E-state index contributed by atoms with van der Waals surface area (Å²) in [6.45, 7) is 0. The largest absolute Gasteiger partial charge is 0.495 e. The van der Waals surface area contributed by atoms with Crippen molar-refractivity contribution < 1.29 is 14.6 Å². The Balaban J connectivity index is 2.42. The Morgan fingerprint density at radius 3 is 2.41 bits per heavy atom. The van der Waals surface area contributed by atoms with Crippen LogP contribution >= 0.6 is 23.4 Å². The maximum Gasteiger partial charge on any atom is 0.336 e. The Morgan fingerprint density at radius 2 is 1.91 bits per heavy atom. The van der Waals surface area contributed by atoms with Gasteiger partial charge in [0, 0.05) is 4.90 Å². The molecule has 0 aliphatic carbocycles. The molecule has 0 aliphatic heterocycles. The van der Waals surface area contributed by atoms with Crippen molar-refractivity contribution in [1.82, 2.24) is 0 Å². The normalized spacial score (nSPS) is 11.3. The van der Waals surface area contributed by atoms with Crippen LogP contribution in [0.2, 0.25) is 5.02 Å². The number of hydrogen-bond donors (Lipinski definition) is 1. The highest BCUT2D eigenvalue weighted by atomic mass is 35.5. The number of carboxylic acid groups (broad SMARTS) is 1. The lowest BCUT2D eigenvalue weighted by atomic mass is 10.0. The molecule has 5 heteroatoms. The minimum absolute atomic E-state index is 0.182. The van der Waals surface area contributed by atoms with Crippen molar-refractivity contribution in [3.63, 3.8) is 0 Å². The quantitative estimate of drug-likeness (QED) is 0.489. The summed E-state index contributed by atoms with van der Waals surface area (Å²) in [5.41, 5.74) is 1.54. The van der Waals surface area contributed by atoms with E-state index in [9.17, 15) is 9.90 Å². The van der Waals surface area contributed by atoms with Crippen LogP contribution in [0.3, 0.4) is 0 Å². The number of carbonyl (C=O) groups is 1. The molecule has 3 nitrogen and oxygen atoms in total. The summed E-state index contributed by atoms with van der Waals surface area (Å²) in [7, 11) is 1.52. The van der Waals surface area contributed by atoms with Crippen LogP contribution in [0.25, 0.3) is 11.6 Å². The minimum Gasteiger partial charge on any atom is -0.495 e. The number of methoxy groups -OCH3 is 1. The number of halogens is 1. The first-order chi connectivity index (χ1) is 10.5. The Hall–Kier alpha value is -1.91. The summed E-state index contributed by atoms with van der Waals surface area (Å²) >= 11 is 7.71. The lowest BCUT2D eigenvalue weighted by Gasteiger charge is -2.07. The summed E-state index contributed by atoms with van der Waals surface area (Å²) in [6.07, 6.45) is 3.62. The second-order valence-corrected chi connectivity index (χ2v) is 5.77. The number of rotatable bonds is 5. The predicted molar refractivity (Wildman–Crippen MR) is 91.7 cm³/mol. The van der Waals surface area contributed by atoms with Gasteiger partial charge in [0.25, 0.3) is 0 Å². The zero-order valence-electron chi connectivity index (χ0n) is 12.2. The molecule has 0 aliphatic rings. The molecule has 22 heavy (non-hydrogen) atoms. The maximum atomic E-state index is 11.5. The van der Waals surface area contributed by atoms with E-state index in [4.69, 9.17) is 16.3 Å². The fraction of sp³-hybridized carbons (Fsp3) is 0.118. The summed E-state index contributed by atoms with van der Waals surface area (Å²) in [4.78, 5) is 12.7. The fourth-order valence-corrected chi connectivity index (χ4v) is 2.64. The Morgan fingerprint density at radius 1 is 1.23 bits per heavy atom. The van der Waals surface area contributed by atoms with Crippen LogP contribution in [-0.2, 0) is 4.79 Å². The van der Waals surface area contributed by atoms with Gasteiger partial charge < -0.3 is 9.84 Å². The van der Waals surface area contributed by atoms with Gasteiger partial charge in [-0.3, -0.25) is 0 Å². The van der Waals surface area contributed by atoms with Gasteiger partial charge in [0.2, 0.25) is 0 Å². The first kappa shape index (κ1) is 16.5. The van der Waals surface area contributed by atoms with Crippen molar-refractivity contribution in [3.05, 3.63) is 58.6 Å². The van der Waals surface area contributed by atoms with Gasteiger partial charge in [0.05, 0.1) is 17.7 Å². The zero-order valence-corrected chi connectivity index (χ0v) is 13.7. The third-order valence-electron chi connectivity index (χ3n) is 3.12. The van der Waals surface area contributed by atoms with Crippen LogP contribution in [0.5, 0.6) is 5.75 Å².